The highest BCUT2D eigenvalue weighted by atomic mass is 79.9. The van der Waals surface area contributed by atoms with Gasteiger partial charge in [0.15, 0.2) is 11.6 Å². The van der Waals surface area contributed by atoms with Crippen LogP contribution >= 0.6 is 15.9 Å². The smallest absolute Gasteiger partial charge is 0.488 e. The van der Waals surface area contributed by atoms with Crippen molar-refractivity contribution in [3.63, 3.8) is 0 Å². The molecule has 0 saturated carbocycles. The minimum atomic E-state index is -1.40. The molecule has 0 atom stereocenters. The highest BCUT2D eigenvalue weighted by Gasteiger charge is 2.21. The van der Waals surface area contributed by atoms with Crippen molar-refractivity contribution >= 4 is 45.7 Å². The van der Waals surface area contributed by atoms with Gasteiger partial charge in [0, 0.05) is 18.4 Å². The number of benzene rings is 2. The quantitative estimate of drug-likeness (QED) is 0.577. The predicted molar refractivity (Wildman–Crippen MR) is 139 cm³/mol. The first-order valence-electron chi connectivity index (χ1n) is 10.9. The molecule has 0 saturated heterocycles. The lowest BCUT2D eigenvalue weighted by Gasteiger charge is -2.04. The van der Waals surface area contributed by atoms with Gasteiger partial charge in [0.25, 0.3) is 0 Å². The molecular formula is C26H30BBrO6. The van der Waals surface area contributed by atoms with Crippen LogP contribution in [0.25, 0.3) is 5.57 Å². The lowest BCUT2D eigenvalue weighted by Crippen LogP contribution is -2.29. The van der Waals surface area contributed by atoms with Crippen LogP contribution in [0.2, 0.25) is 0 Å². The Kier molecular flexibility index (Phi) is 10.8. The standard InChI is InChI=1S/C13H14O2.C7H9BO3.C6H7BrO/c1-9-3-8-12(14)13(9)10-4-6-11(15-2)7-5-10;1-11-7-4-2-6(3-5-7)8(9)10;1-4-2-3-5(8)6(4)7/h4-7H,3,8H2,1-2H3;2-5,9-10H,1H3;2-3H2,1H3. The van der Waals surface area contributed by atoms with Crippen LogP contribution in [-0.4, -0.2) is 43.0 Å². The molecule has 0 amide bonds. The van der Waals surface area contributed by atoms with E-state index in [-0.39, 0.29) is 11.6 Å². The average molecular weight is 529 g/mol. The van der Waals surface area contributed by atoms with Crippen LogP contribution in [0.15, 0.2) is 64.2 Å². The molecule has 2 aromatic rings. The third-order valence-electron chi connectivity index (χ3n) is 5.57. The molecule has 2 aliphatic rings. The van der Waals surface area contributed by atoms with E-state index >= 15 is 0 Å². The maximum Gasteiger partial charge on any atom is 0.488 e. The summed E-state index contributed by atoms with van der Waals surface area (Å²) in [5.74, 6) is 2.04. The van der Waals surface area contributed by atoms with E-state index in [1.165, 1.54) is 11.1 Å². The lowest BCUT2D eigenvalue weighted by molar-refractivity contribution is -0.114. The van der Waals surface area contributed by atoms with Gasteiger partial charge in [-0.3, -0.25) is 9.59 Å². The molecule has 2 aliphatic carbocycles. The van der Waals surface area contributed by atoms with Crippen molar-refractivity contribution in [2.45, 2.75) is 39.5 Å². The number of ketones is 2. The Morgan fingerprint density at radius 2 is 1.21 bits per heavy atom. The van der Waals surface area contributed by atoms with Crippen molar-refractivity contribution in [2.75, 3.05) is 14.2 Å². The number of allylic oxidation sites excluding steroid dienone is 4. The molecule has 8 heteroatoms. The maximum absolute atomic E-state index is 11.7. The molecule has 180 valence electrons. The number of hydrogen-bond donors (Lipinski definition) is 2. The summed E-state index contributed by atoms with van der Waals surface area (Å²) in [4.78, 5) is 22.3. The number of ether oxygens (including phenoxy) is 2. The molecule has 0 aromatic heterocycles. The fraction of sp³-hybridized carbons (Fsp3) is 0.308. The van der Waals surface area contributed by atoms with E-state index in [9.17, 15) is 9.59 Å². The van der Waals surface area contributed by atoms with Crippen LogP contribution in [0.1, 0.15) is 45.1 Å². The van der Waals surface area contributed by atoms with Crippen molar-refractivity contribution in [1.82, 2.24) is 0 Å². The second-order valence-corrected chi connectivity index (χ2v) is 8.76. The summed E-state index contributed by atoms with van der Waals surface area (Å²) < 4.78 is 10.8. The highest BCUT2D eigenvalue weighted by Crippen LogP contribution is 2.31. The Morgan fingerprint density at radius 3 is 1.53 bits per heavy atom. The fourth-order valence-electron chi connectivity index (χ4n) is 3.49. The predicted octanol–water partition coefficient (Wildman–Crippen LogP) is 4.22. The summed E-state index contributed by atoms with van der Waals surface area (Å²) in [6.07, 6.45) is 3.21. The number of hydrogen-bond acceptors (Lipinski definition) is 6. The molecule has 6 nitrogen and oxygen atoms in total. The van der Waals surface area contributed by atoms with Crippen LogP contribution in [-0.2, 0) is 9.59 Å². The SMILES string of the molecule is CC1=C(Br)C(=O)CC1.COc1ccc(B(O)O)cc1.COc1ccc(C2=C(C)CCC2=O)cc1. The highest BCUT2D eigenvalue weighted by molar-refractivity contribution is 9.12. The van der Waals surface area contributed by atoms with Crippen molar-refractivity contribution in [3.05, 3.63) is 69.7 Å². The fourth-order valence-corrected chi connectivity index (χ4v) is 3.89. The zero-order chi connectivity index (χ0) is 25.3. The Hall–Kier alpha value is -2.68. The molecule has 0 heterocycles. The van der Waals surface area contributed by atoms with Gasteiger partial charge in [0.05, 0.1) is 18.7 Å². The second kappa shape index (κ2) is 13.3. The van der Waals surface area contributed by atoms with E-state index in [0.29, 0.717) is 24.1 Å². The zero-order valence-corrected chi connectivity index (χ0v) is 21.5. The van der Waals surface area contributed by atoms with Crippen molar-refractivity contribution < 1.29 is 29.1 Å². The third kappa shape index (κ3) is 7.69. The van der Waals surface area contributed by atoms with E-state index in [1.807, 2.05) is 38.1 Å². The molecular weight excluding hydrogens is 499 g/mol. The first kappa shape index (κ1) is 27.6. The number of carbonyl (C=O) groups excluding carboxylic acids is 2. The first-order chi connectivity index (χ1) is 16.2. The van der Waals surface area contributed by atoms with Gasteiger partial charge < -0.3 is 19.5 Å². The van der Waals surface area contributed by atoms with Gasteiger partial charge in [0.2, 0.25) is 0 Å². The lowest BCUT2D eigenvalue weighted by atomic mass is 9.80. The molecule has 0 unspecified atom stereocenters. The molecule has 0 radical (unpaired) electrons. The van der Waals surface area contributed by atoms with Crippen LogP contribution in [0.3, 0.4) is 0 Å². The van der Waals surface area contributed by atoms with E-state index in [1.54, 1.807) is 38.5 Å². The summed E-state index contributed by atoms with van der Waals surface area (Å²) in [6.45, 7) is 4.01. The minimum Gasteiger partial charge on any atom is -0.497 e. The zero-order valence-electron chi connectivity index (χ0n) is 19.9. The molecule has 0 fully saturated rings. The first-order valence-corrected chi connectivity index (χ1v) is 11.7. The summed E-state index contributed by atoms with van der Waals surface area (Å²) in [5, 5.41) is 17.4. The normalized spacial score (nSPS) is 14.9. The van der Waals surface area contributed by atoms with Crippen molar-refractivity contribution in [1.29, 1.82) is 0 Å². The van der Waals surface area contributed by atoms with Gasteiger partial charge in [-0.15, -0.1) is 0 Å². The molecule has 2 N–H and O–H groups in total. The number of methoxy groups -OCH3 is 2. The Balaban J connectivity index is 0.000000190. The maximum atomic E-state index is 11.7. The third-order valence-corrected chi connectivity index (χ3v) is 6.69. The van der Waals surface area contributed by atoms with Crippen LogP contribution in [0.4, 0.5) is 0 Å². The average Bonchev–Trinajstić information content (AvgIpc) is 3.34. The van der Waals surface area contributed by atoms with Gasteiger partial charge in [-0.1, -0.05) is 35.4 Å². The summed E-state index contributed by atoms with van der Waals surface area (Å²) in [5.41, 5.74) is 4.76. The van der Waals surface area contributed by atoms with Crippen molar-refractivity contribution in [3.8, 4) is 11.5 Å². The number of halogens is 1. The van der Waals surface area contributed by atoms with Gasteiger partial charge in [-0.25, -0.2) is 0 Å². The van der Waals surface area contributed by atoms with Gasteiger partial charge in [0.1, 0.15) is 11.5 Å². The number of Topliss-reactive ketones (excluding diaryl/α,β-unsaturated/α-hetero) is 2. The van der Waals surface area contributed by atoms with Crippen molar-refractivity contribution in [2.24, 2.45) is 0 Å². The molecule has 34 heavy (non-hydrogen) atoms. The molecule has 0 aliphatic heterocycles. The molecule has 0 bridgehead atoms. The Morgan fingerprint density at radius 1 is 0.735 bits per heavy atom. The van der Waals surface area contributed by atoms with E-state index in [2.05, 4.69) is 15.9 Å². The van der Waals surface area contributed by atoms with Gasteiger partial charge in [-0.2, -0.15) is 0 Å². The van der Waals surface area contributed by atoms with E-state index in [4.69, 9.17) is 19.5 Å². The van der Waals surface area contributed by atoms with Gasteiger partial charge >= 0.3 is 7.12 Å². The second-order valence-electron chi connectivity index (χ2n) is 7.97. The number of rotatable bonds is 4. The van der Waals surface area contributed by atoms with Crippen LogP contribution < -0.4 is 14.9 Å². The summed E-state index contributed by atoms with van der Waals surface area (Å²) in [7, 11) is 1.80. The van der Waals surface area contributed by atoms with Gasteiger partial charge in [-0.05, 0) is 77.9 Å². The van der Waals surface area contributed by atoms with E-state index < -0.39 is 7.12 Å². The largest absolute Gasteiger partial charge is 0.497 e. The van der Waals surface area contributed by atoms with Crippen LogP contribution in [0, 0.1) is 0 Å². The monoisotopic (exact) mass is 528 g/mol. The summed E-state index contributed by atoms with van der Waals surface area (Å²) in [6, 6.07) is 14.2. The molecule has 2 aromatic carbocycles. The number of carbonyl (C=O) groups is 2. The molecule has 0 spiro atoms. The topological polar surface area (TPSA) is 93.1 Å². The van der Waals surface area contributed by atoms with E-state index in [0.717, 1.165) is 34.2 Å². The molecule has 4 rings (SSSR count). The Bertz CT molecular complexity index is 1060. The summed E-state index contributed by atoms with van der Waals surface area (Å²) >= 11 is 3.20. The van der Waals surface area contributed by atoms with Crippen LogP contribution in [0.5, 0.6) is 11.5 Å². The Labute approximate surface area is 209 Å². The minimum absolute atomic E-state index is 0.252.